The predicted octanol–water partition coefficient (Wildman–Crippen LogP) is 5.19. The summed E-state index contributed by atoms with van der Waals surface area (Å²) >= 11 is 0. The first-order valence-electron chi connectivity index (χ1n) is 9.98. The zero-order valence-corrected chi connectivity index (χ0v) is 16.4. The van der Waals surface area contributed by atoms with Crippen molar-refractivity contribution in [3.8, 4) is 5.75 Å². The van der Waals surface area contributed by atoms with Crippen LogP contribution in [0.15, 0.2) is 72.9 Å². The number of carbonyl (C=O) groups excluding carboxylic acids is 1. The van der Waals surface area contributed by atoms with Crippen LogP contribution in [0.1, 0.15) is 31.7 Å². The Morgan fingerprint density at radius 2 is 1.90 bits per heavy atom. The normalized spacial score (nSPS) is 25.8. The molecule has 2 aliphatic carbocycles. The van der Waals surface area contributed by atoms with Crippen LogP contribution in [0.4, 0.5) is 0 Å². The molecule has 148 valence electrons. The van der Waals surface area contributed by atoms with E-state index in [0.29, 0.717) is 12.2 Å². The Labute approximate surface area is 170 Å². The molecule has 2 aliphatic rings. The van der Waals surface area contributed by atoms with Crippen LogP contribution in [0, 0.1) is 11.8 Å². The third kappa shape index (κ3) is 3.51. The summed E-state index contributed by atoms with van der Waals surface area (Å²) in [5.41, 5.74) is 0.0887. The zero-order valence-electron chi connectivity index (χ0n) is 16.4. The van der Waals surface area contributed by atoms with Crippen LogP contribution in [0.3, 0.4) is 0 Å². The zero-order chi connectivity index (χ0) is 20.4. The van der Waals surface area contributed by atoms with E-state index in [4.69, 9.17) is 4.74 Å². The third-order valence-electron chi connectivity index (χ3n) is 6.03. The van der Waals surface area contributed by atoms with Crippen molar-refractivity contribution in [2.24, 2.45) is 11.8 Å². The topological polar surface area (TPSA) is 63.6 Å². The molecule has 0 spiro atoms. The second kappa shape index (κ2) is 7.70. The van der Waals surface area contributed by atoms with E-state index in [1.54, 1.807) is 18.2 Å². The number of allylic oxidation sites excluding steroid dienone is 5. The largest absolute Gasteiger partial charge is 0.481 e. The Kier molecular flexibility index (Phi) is 5.10. The third-order valence-corrected chi connectivity index (χ3v) is 6.03. The molecule has 0 heterocycles. The van der Waals surface area contributed by atoms with Gasteiger partial charge in [0.2, 0.25) is 0 Å². The molecule has 0 bridgehead atoms. The highest BCUT2D eigenvalue weighted by Crippen LogP contribution is 2.43. The maximum Gasteiger partial charge on any atom is 0.314 e. The molecule has 0 radical (unpaired) electrons. The number of carboxylic acids is 1. The van der Waals surface area contributed by atoms with Gasteiger partial charge in [-0.3, -0.25) is 9.59 Å². The predicted molar refractivity (Wildman–Crippen MR) is 113 cm³/mol. The molecule has 0 saturated heterocycles. The summed E-state index contributed by atoms with van der Waals surface area (Å²) in [6.07, 6.45) is 13.8. The van der Waals surface area contributed by atoms with Crippen molar-refractivity contribution in [1.29, 1.82) is 0 Å². The van der Waals surface area contributed by atoms with Crippen LogP contribution in [-0.2, 0) is 15.0 Å². The van der Waals surface area contributed by atoms with E-state index in [-0.39, 0.29) is 11.9 Å². The standard InChI is InChI=1S/C25H24O4/c1-25(16-6-5-13-20(25)23(26)27)19-14-7-11-17-12-8-15-21(22(17)19)29-24(28)18-9-3-2-4-10-18/h2-3,5-8,11-16,18,20H,4,9-10H2,1H3,(H,26,27). The maximum atomic E-state index is 12.8. The first kappa shape index (κ1) is 19.2. The Morgan fingerprint density at radius 1 is 1.10 bits per heavy atom. The number of ether oxygens (including phenoxy) is 1. The minimum atomic E-state index is -0.881. The van der Waals surface area contributed by atoms with Gasteiger partial charge in [-0.15, -0.1) is 0 Å². The van der Waals surface area contributed by atoms with Gasteiger partial charge in [-0.05, 0) is 36.3 Å². The number of hydrogen-bond donors (Lipinski definition) is 1. The van der Waals surface area contributed by atoms with Gasteiger partial charge in [-0.2, -0.15) is 0 Å². The van der Waals surface area contributed by atoms with Crippen LogP contribution >= 0.6 is 0 Å². The van der Waals surface area contributed by atoms with Gasteiger partial charge in [0.15, 0.2) is 0 Å². The molecule has 29 heavy (non-hydrogen) atoms. The minimum absolute atomic E-state index is 0.137. The van der Waals surface area contributed by atoms with E-state index in [9.17, 15) is 14.7 Å². The van der Waals surface area contributed by atoms with Gasteiger partial charge < -0.3 is 9.84 Å². The van der Waals surface area contributed by atoms with Crippen molar-refractivity contribution in [1.82, 2.24) is 0 Å². The molecule has 2 aromatic carbocycles. The molecule has 0 aromatic heterocycles. The van der Waals surface area contributed by atoms with Gasteiger partial charge in [0.05, 0.1) is 11.8 Å². The van der Waals surface area contributed by atoms with E-state index >= 15 is 0 Å². The SMILES string of the molecule is CC1(c2cccc3cccc(OC(=O)C4CC=CCC4)c23)C=CC=CC1C(=O)O. The van der Waals surface area contributed by atoms with Crippen LogP contribution in [0.25, 0.3) is 10.8 Å². The summed E-state index contributed by atoms with van der Waals surface area (Å²) in [7, 11) is 0. The molecular formula is C25H24O4. The minimum Gasteiger partial charge on any atom is -0.481 e. The lowest BCUT2D eigenvalue weighted by Crippen LogP contribution is -2.36. The van der Waals surface area contributed by atoms with E-state index in [1.165, 1.54) is 0 Å². The Morgan fingerprint density at radius 3 is 2.62 bits per heavy atom. The molecule has 3 atom stereocenters. The fraction of sp³-hybridized carbons (Fsp3) is 0.280. The molecule has 4 nitrogen and oxygen atoms in total. The quantitative estimate of drug-likeness (QED) is 0.445. The highest BCUT2D eigenvalue weighted by atomic mass is 16.5. The average Bonchev–Trinajstić information content (AvgIpc) is 2.74. The Hall–Kier alpha value is -3.14. The monoisotopic (exact) mass is 388 g/mol. The van der Waals surface area contributed by atoms with Gasteiger partial charge in [-0.1, -0.05) is 73.7 Å². The average molecular weight is 388 g/mol. The molecule has 0 aliphatic heterocycles. The van der Waals surface area contributed by atoms with E-state index < -0.39 is 17.3 Å². The van der Waals surface area contributed by atoms with Crippen LogP contribution in [0.5, 0.6) is 5.75 Å². The molecule has 0 saturated carbocycles. The van der Waals surface area contributed by atoms with Crippen molar-refractivity contribution in [2.45, 2.75) is 31.6 Å². The highest BCUT2D eigenvalue weighted by Gasteiger charge is 2.39. The van der Waals surface area contributed by atoms with Gasteiger partial charge >= 0.3 is 11.9 Å². The fourth-order valence-electron chi connectivity index (χ4n) is 4.37. The van der Waals surface area contributed by atoms with Crippen molar-refractivity contribution < 1.29 is 19.4 Å². The number of carboxylic acid groups (broad SMARTS) is 1. The summed E-state index contributed by atoms with van der Waals surface area (Å²) in [6.45, 7) is 1.92. The number of fused-ring (bicyclic) bond motifs is 1. The second-order valence-electron chi connectivity index (χ2n) is 7.90. The van der Waals surface area contributed by atoms with Crippen molar-refractivity contribution >= 4 is 22.7 Å². The van der Waals surface area contributed by atoms with E-state index in [1.807, 2.05) is 55.5 Å². The van der Waals surface area contributed by atoms with Crippen LogP contribution in [0.2, 0.25) is 0 Å². The van der Waals surface area contributed by atoms with Crippen molar-refractivity contribution in [3.05, 3.63) is 78.4 Å². The molecule has 2 aromatic rings. The number of aliphatic carboxylic acids is 1. The molecule has 1 N–H and O–H groups in total. The van der Waals surface area contributed by atoms with Crippen LogP contribution < -0.4 is 4.74 Å². The lowest BCUT2D eigenvalue weighted by molar-refractivity contribution is -0.142. The highest BCUT2D eigenvalue weighted by molar-refractivity contribution is 5.95. The number of benzene rings is 2. The van der Waals surface area contributed by atoms with E-state index in [2.05, 4.69) is 6.08 Å². The smallest absolute Gasteiger partial charge is 0.314 e. The fourth-order valence-corrected chi connectivity index (χ4v) is 4.37. The molecular weight excluding hydrogens is 364 g/mol. The van der Waals surface area contributed by atoms with Crippen molar-refractivity contribution in [2.75, 3.05) is 0 Å². The number of hydrogen-bond acceptors (Lipinski definition) is 3. The molecule has 0 fully saturated rings. The van der Waals surface area contributed by atoms with Gasteiger partial charge in [0.25, 0.3) is 0 Å². The molecule has 4 heteroatoms. The van der Waals surface area contributed by atoms with E-state index in [0.717, 1.165) is 29.2 Å². The number of esters is 1. The summed E-state index contributed by atoms with van der Waals surface area (Å²) in [4.78, 5) is 24.7. The molecule has 0 amide bonds. The number of carbonyl (C=O) groups is 2. The van der Waals surface area contributed by atoms with Gasteiger partial charge in [0, 0.05) is 10.8 Å². The lowest BCUT2D eigenvalue weighted by Gasteiger charge is -2.34. The summed E-state index contributed by atoms with van der Waals surface area (Å²) in [6, 6.07) is 11.4. The first-order valence-corrected chi connectivity index (χ1v) is 9.98. The van der Waals surface area contributed by atoms with Gasteiger partial charge in [0.1, 0.15) is 5.75 Å². The summed E-state index contributed by atoms with van der Waals surface area (Å²) < 4.78 is 5.88. The van der Waals surface area contributed by atoms with Gasteiger partial charge in [-0.25, -0.2) is 0 Å². The summed E-state index contributed by atoms with van der Waals surface area (Å²) in [5.74, 6) is -1.46. The summed E-state index contributed by atoms with van der Waals surface area (Å²) in [5, 5.41) is 11.5. The molecule has 4 rings (SSSR count). The Balaban J connectivity index is 1.81. The van der Waals surface area contributed by atoms with Crippen molar-refractivity contribution in [3.63, 3.8) is 0 Å². The molecule has 3 unspecified atom stereocenters. The maximum absolute atomic E-state index is 12.8. The first-order chi connectivity index (χ1) is 14.0. The second-order valence-corrected chi connectivity index (χ2v) is 7.90. The van der Waals surface area contributed by atoms with Crippen LogP contribution in [-0.4, -0.2) is 17.0 Å². The Bertz CT molecular complexity index is 1040. The lowest BCUT2D eigenvalue weighted by atomic mass is 9.68. The number of rotatable bonds is 4.